The molecular weight excluding hydrogens is 759 g/mol. The van der Waals surface area contributed by atoms with Crippen LogP contribution in [0.1, 0.15) is 76.3 Å². The summed E-state index contributed by atoms with van der Waals surface area (Å²) in [5.74, 6) is 1.92. The average molecular weight is 801 g/mol. The number of aliphatic hydroxyl groups is 1. The molecule has 0 spiro atoms. The summed E-state index contributed by atoms with van der Waals surface area (Å²) >= 11 is 0. The third-order valence-electron chi connectivity index (χ3n) is 10.4. The number of ether oxygens (including phenoxy) is 1. The second kappa shape index (κ2) is 13.7. The molecule has 4 aromatic carbocycles. The van der Waals surface area contributed by atoms with Crippen LogP contribution in [0.3, 0.4) is 0 Å². The van der Waals surface area contributed by atoms with Crippen LogP contribution < -0.4 is 4.74 Å². The SMILES string of the molecule is COc1cccc2c1C(C)(C)c1c-2c(-c2[c-]ccc3ccccc23)nc2ccccc12.O=C(/C=C(\O)C1CCCC1)C1CCCC1.[Ir]. The first kappa shape index (κ1) is 33.1. The van der Waals surface area contributed by atoms with Crippen molar-refractivity contribution in [3.05, 3.63) is 108 Å². The first-order valence-corrected chi connectivity index (χ1v) is 16.8. The Hall–Kier alpha value is -3.79. The van der Waals surface area contributed by atoms with E-state index in [0.29, 0.717) is 5.76 Å². The van der Waals surface area contributed by atoms with Gasteiger partial charge in [-0.3, -0.25) is 9.78 Å². The van der Waals surface area contributed by atoms with Crippen molar-refractivity contribution in [3.8, 4) is 28.1 Å². The molecule has 2 saturated carbocycles. The van der Waals surface area contributed by atoms with Gasteiger partial charge in [0.1, 0.15) is 5.75 Å². The number of aliphatic hydroxyl groups excluding tert-OH is 1. The van der Waals surface area contributed by atoms with E-state index in [1.807, 2.05) is 6.07 Å². The van der Waals surface area contributed by atoms with Crippen LogP contribution >= 0.6 is 0 Å². The zero-order valence-electron chi connectivity index (χ0n) is 27.4. The van der Waals surface area contributed by atoms with E-state index >= 15 is 0 Å². The average Bonchev–Trinajstić information content (AvgIpc) is 3.86. The molecule has 1 N–H and O–H groups in total. The number of aromatic nitrogens is 1. The van der Waals surface area contributed by atoms with Crippen LogP contribution in [0, 0.1) is 17.9 Å². The van der Waals surface area contributed by atoms with Crippen LogP contribution in [0.25, 0.3) is 44.1 Å². The van der Waals surface area contributed by atoms with E-state index < -0.39 is 0 Å². The van der Waals surface area contributed by atoms with Crippen molar-refractivity contribution in [2.75, 3.05) is 7.11 Å². The van der Waals surface area contributed by atoms with E-state index in [4.69, 9.17) is 9.72 Å². The second-order valence-corrected chi connectivity index (χ2v) is 13.6. The summed E-state index contributed by atoms with van der Waals surface area (Å²) in [4.78, 5) is 17.0. The van der Waals surface area contributed by atoms with Gasteiger partial charge in [0, 0.05) is 54.4 Å². The molecule has 47 heavy (non-hydrogen) atoms. The maximum absolute atomic E-state index is 11.8. The summed E-state index contributed by atoms with van der Waals surface area (Å²) in [6.45, 7) is 4.59. The molecule has 1 aromatic heterocycles. The second-order valence-electron chi connectivity index (χ2n) is 13.6. The zero-order valence-corrected chi connectivity index (χ0v) is 29.8. The number of pyridine rings is 1. The molecule has 8 rings (SSSR count). The van der Waals surface area contributed by atoms with E-state index in [1.165, 1.54) is 70.2 Å². The molecular formula is C42H42IrNO3-. The number of hydrogen-bond acceptors (Lipinski definition) is 4. The molecule has 5 aromatic rings. The van der Waals surface area contributed by atoms with Crippen LogP contribution in [0.15, 0.2) is 90.7 Å². The molecule has 0 atom stereocenters. The number of methoxy groups -OCH3 is 1. The molecule has 0 bridgehead atoms. The Kier molecular flexibility index (Phi) is 9.69. The molecule has 0 amide bonds. The van der Waals surface area contributed by atoms with Gasteiger partial charge in [0.05, 0.1) is 18.4 Å². The summed E-state index contributed by atoms with van der Waals surface area (Å²) in [6, 6.07) is 30.9. The normalized spacial score (nSPS) is 17.1. The van der Waals surface area contributed by atoms with Crippen LogP contribution in [0.5, 0.6) is 5.75 Å². The Morgan fingerprint density at radius 1 is 0.851 bits per heavy atom. The molecule has 0 aliphatic heterocycles. The molecule has 2 fully saturated rings. The standard InChI is InChI=1S/C29H22NO.C13H20O2.Ir/c1-29(2)26-22(15-9-17-24(26)31-3)25-27(29)21-13-6-7-16-23(21)30-28(25)20-14-8-11-18-10-4-5-12-19(18)20;14-12(10-5-1-2-6-10)9-13(15)11-7-3-4-8-11;/h4-13,15-17H,1-3H3;9-11,14H,1-8H2;/q-1;;/b;12-9-;. The van der Waals surface area contributed by atoms with Gasteiger partial charge in [-0.25, -0.2) is 0 Å². The fourth-order valence-corrected chi connectivity index (χ4v) is 8.16. The maximum Gasteiger partial charge on any atom is 0.162 e. The number of carbonyl (C=O) groups is 1. The van der Waals surface area contributed by atoms with Crippen LogP contribution in [-0.4, -0.2) is 23.0 Å². The fourth-order valence-electron chi connectivity index (χ4n) is 8.16. The van der Waals surface area contributed by atoms with Gasteiger partial charge in [0.2, 0.25) is 0 Å². The topological polar surface area (TPSA) is 59.4 Å². The quantitative estimate of drug-likeness (QED) is 0.109. The van der Waals surface area contributed by atoms with Crippen molar-refractivity contribution in [1.29, 1.82) is 0 Å². The fraction of sp³-hybridized carbons (Fsp3) is 0.333. The molecule has 0 saturated heterocycles. The Morgan fingerprint density at radius 2 is 1.51 bits per heavy atom. The summed E-state index contributed by atoms with van der Waals surface area (Å²) in [6.07, 6.45) is 10.4. The first-order chi connectivity index (χ1) is 22.4. The van der Waals surface area contributed by atoms with Gasteiger partial charge in [-0.2, -0.15) is 0 Å². The number of carbonyl (C=O) groups excluding carboxylic acids is 1. The van der Waals surface area contributed by atoms with Gasteiger partial charge in [0.25, 0.3) is 0 Å². The molecule has 1 heterocycles. The minimum absolute atomic E-state index is 0. The Morgan fingerprint density at radius 3 is 2.23 bits per heavy atom. The van der Waals surface area contributed by atoms with Gasteiger partial charge < -0.3 is 9.84 Å². The Balaban J connectivity index is 0.000000204. The third-order valence-corrected chi connectivity index (χ3v) is 10.4. The molecule has 4 nitrogen and oxygen atoms in total. The molecule has 0 unspecified atom stereocenters. The summed E-state index contributed by atoms with van der Waals surface area (Å²) < 4.78 is 5.82. The van der Waals surface area contributed by atoms with Crippen molar-refractivity contribution in [1.82, 2.24) is 4.98 Å². The molecule has 3 aliphatic rings. The van der Waals surface area contributed by atoms with Crippen molar-refractivity contribution in [2.45, 2.75) is 70.6 Å². The molecule has 243 valence electrons. The predicted molar refractivity (Wildman–Crippen MR) is 187 cm³/mol. The van der Waals surface area contributed by atoms with Crippen molar-refractivity contribution >= 4 is 27.5 Å². The predicted octanol–water partition coefficient (Wildman–Crippen LogP) is 10.5. The number of hydrogen-bond donors (Lipinski definition) is 1. The number of para-hydroxylation sites is 1. The van der Waals surface area contributed by atoms with E-state index in [-0.39, 0.29) is 43.1 Å². The number of allylic oxidation sites excluding steroid dienone is 2. The Labute approximate surface area is 291 Å². The van der Waals surface area contributed by atoms with E-state index in [1.54, 1.807) is 7.11 Å². The molecule has 1 radical (unpaired) electrons. The number of benzene rings is 4. The smallest absolute Gasteiger partial charge is 0.162 e. The van der Waals surface area contributed by atoms with Crippen molar-refractivity contribution in [2.24, 2.45) is 11.8 Å². The summed E-state index contributed by atoms with van der Waals surface area (Å²) in [5, 5.41) is 13.4. The molecule has 5 heteroatoms. The number of rotatable bonds is 5. The number of ketones is 1. The van der Waals surface area contributed by atoms with Crippen molar-refractivity contribution in [3.63, 3.8) is 0 Å². The van der Waals surface area contributed by atoms with Crippen LogP contribution in [0.2, 0.25) is 0 Å². The number of nitrogens with zero attached hydrogens (tertiary/aromatic N) is 1. The van der Waals surface area contributed by atoms with Crippen LogP contribution in [0.4, 0.5) is 0 Å². The molecule has 3 aliphatic carbocycles. The van der Waals surface area contributed by atoms with E-state index in [2.05, 4.69) is 92.7 Å². The largest absolute Gasteiger partial charge is 0.512 e. The van der Waals surface area contributed by atoms with Gasteiger partial charge >= 0.3 is 0 Å². The number of fused-ring (bicyclic) bond motifs is 6. The van der Waals surface area contributed by atoms with E-state index in [0.717, 1.165) is 48.2 Å². The maximum atomic E-state index is 11.8. The van der Waals surface area contributed by atoms with Gasteiger partial charge in [-0.15, -0.1) is 29.1 Å². The van der Waals surface area contributed by atoms with Crippen molar-refractivity contribution < 1.29 is 34.7 Å². The Bertz CT molecular complexity index is 1960. The van der Waals surface area contributed by atoms with E-state index in [9.17, 15) is 9.90 Å². The third kappa shape index (κ3) is 6.05. The summed E-state index contributed by atoms with van der Waals surface area (Å²) in [7, 11) is 1.75. The monoisotopic (exact) mass is 801 g/mol. The van der Waals surface area contributed by atoms with Crippen LogP contribution in [-0.2, 0) is 30.3 Å². The minimum atomic E-state index is -0.209. The van der Waals surface area contributed by atoms with Gasteiger partial charge in [-0.05, 0) is 60.2 Å². The zero-order chi connectivity index (χ0) is 31.8. The first-order valence-electron chi connectivity index (χ1n) is 16.8. The van der Waals surface area contributed by atoms with Gasteiger partial charge in [-0.1, -0.05) is 99.5 Å². The van der Waals surface area contributed by atoms with Gasteiger partial charge in [0.15, 0.2) is 5.78 Å². The summed E-state index contributed by atoms with van der Waals surface area (Å²) in [5.41, 5.74) is 7.79. The minimum Gasteiger partial charge on any atom is -0.512 e.